The maximum absolute atomic E-state index is 11.9. The molecule has 2 aromatic carbocycles. The Morgan fingerprint density at radius 1 is 1.12 bits per heavy atom. The first-order valence-electron chi connectivity index (χ1n) is 9.85. The van der Waals surface area contributed by atoms with Crippen LogP contribution < -0.4 is 4.74 Å². The number of carbonyl (C=O) groups excluding carboxylic acids is 1. The summed E-state index contributed by atoms with van der Waals surface area (Å²) in [6, 6.07) is 13.0. The average molecular weight is 469 g/mol. The number of hydrogen-bond donors (Lipinski definition) is 0. The monoisotopic (exact) mass is 468 g/mol. The Labute approximate surface area is 195 Å². The molecule has 0 aliphatic heterocycles. The SMILES string of the molecule is COCc1cc(OC)cc(C(=N/c2ccc(-c3noc(C)n3)cc2)/C(=N/C(=O)OC)SC)c1. The van der Waals surface area contributed by atoms with Crippen LogP contribution in [0.1, 0.15) is 17.0 Å². The molecule has 172 valence electrons. The molecule has 9 nitrogen and oxygen atoms in total. The van der Waals surface area contributed by atoms with Gasteiger partial charge in [-0.1, -0.05) is 5.16 Å². The van der Waals surface area contributed by atoms with E-state index in [1.807, 2.05) is 48.7 Å². The second kappa shape index (κ2) is 11.4. The molecule has 0 bridgehead atoms. The van der Waals surface area contributed by atoms with E-state index in [1.54, 1.807) is 21.1 Å². The zero-order valence-corrected chi connectivity index (χ0v) is 19.8. The normalized spacial score (nSPS) is 12.0. The first kappa shape index (κ1) is 24.1. The van der Waals surface area contributed by atoms with E-state index in [-0.39, 0.29) is 0 Å². The van der Waals surface area contributed by atoms with E-state index < -0.39 is 6.09 Å². The molecular formula is C23H24N4O5S. The molecule has 0 radical (unpaired) electrons. The van der Waals surface area contributed by atoms with Crippen molar-refractivity contribution in [2.75, 3.05) is 27.6 Å². The van der Waals surface area contributed by atoms with Gasteiger partial charge in [-0.3, -0.25) is 0 Å². The number of aryl methyl sites for hydroxylation is 1. The first-order valence-corrected chi connectivity index (χ1v) is 11.1. The number of hydrogen-bond acceptors (Lipinski definition) is 9. The van der Waals surface area contributed by atoms with Gasteiger partial charge < -0.3 is 18.7 Å². The highest BCUT2D eigenvalue weighted by Crippen LogP contribution is 2.25. The highest BCUT2D eigenvalue weighted by Gasteiger charge is 2.17. The van der Waals surface area contributed by atoms with Crippen LogP contribution in [0.5, 0.6) is 5.75 Å². The Morgan fingerprint density at radius 3 is 2.45 bits per heavy atom. The van der Waals surface area contributed by atoms with Gasteiger partial charge in [0.15, 0.2) is 0 Å². The molecule has 0 unspecified atom stereocenters. The number of thioether (sulfide) groups is 1. The van der Waals surface area contributed by atoms with Crippen LogP contribution in [0.4, 0.5) is 10.5 Å². The minimum atomic E-state index is -0.713. The van der Waals surface area contributed by atoms with E-state index in [4.69, 9.17) is 23.7 Å². The number of aliphatic imine (C=N–C) groups is 2. The summed E-state index contributed by atoms with van der Waals surface area (Å²) in [6.07, 6.45) is 1.10. The van der Waals surface area contributed by atoms with E-state index >= 15 is 0 Å². The zero-order chi connectivity index (χ0) is 23.8. The summed E-state index contributed by atoms with van der Waals surface area (Å²) in [5, 5.41) is 4.33. The largest absolute Gasteiger partial charge is 0.497 e. The lowest BCUT2D eigenvalue weighted by molar-refractivity contribution is 0.182. The van der Waals surface area contributed by atoms with Gasteiger partial charge in [-0.2, -0.15) is 9.98 Å². The van der Waals surface area contributed by atoms with Crippen molar-refractivity contribution in [3.63, 3.8) is 0 Å². The molecular weight excluding hydrogens is 444 g/mol. The van der Waals surface area contributed by atoms with Crippen LogP contribution >= 0.6 is 11.8 Å². The minimum Gasteiger partial charge on any atom is -0.497 e. The van der Waals surface area contributed by atoms with Gasteiger partial charge in [0.05, 0.1) is 26.5 Å². The molecule has 1 heterocycles. The Balaban J connectivity index is 2.11. The molecule has 0 aliphatic rings. The maximum atomic E-state index is 11.9. The highest BCUT2D eigenvalue weighted by molar-refractivity contribution is 8.15. The molecule has 10 heteroatoms. The van der Waals surface area contributed by atoms with Crippen molar-refractivity contribution in [3.05, 3.63) is 59.5 Å². The Bertz CT molecular complexity index is 1170. The number of carbonyl (C=O) groups is 1. The third-order valence-electron chi connectivity index (χ3n) is 4.44. The summed E-state index contributed by atoms with van der Waals surface area (Å²) in [5.41, 5.74) is 3.55. The van der Waals surface area contributed by atoms with Crippen molar-refractivity contribution in [1.82, 2.24) is 10.1 Å². The lowest BCUT2D eigenvalue weighted by atomic mass is 10.1. The number of amides is 1. The van der Waals surface area contributed by atoms with Crippen molar-refractivity contribution in [1.29, 1.82) is 0 Å². The predicted octanol–water partition coefficient (Wildman–Crippen LogP) is 4.85. The number of ether oxygens (including phenoxy) is 3. The van der Waals surface area contributed by atoms with Gasteiger partial charge in [-0.15, -0.1) is 11.8 Å². The molecule has 33 heavy (non-hydrogen) atoms. The second-order valence-corrected chi connectivity index (χ2v) is 7.53. The molecule has 3 aromatic rings. The van der Waals surface area contributed by atoms with E-state index in [9.17, 15) is 4.79 Å². The van der Waals surface area contributed by atoms with Gasteiger partial charge in [0.1, 0.15) is 16.5 Å². The van der Waals surface area contributed by atoms with Gasteiger partial charge in [-0.25, -0.2) is 9.79 Å². The number of nitrogens with zero attached hydrogens (tertiary/aromatic N) is 4. The summed E-state index contributed by atoms with van der Waals surface area (Å²) < 4.78 is 20.5. The van der Waals surface area contributed by atoms with Crippen molar-refractivity contribution >= 4 is 34.3 Å². The van der Waals surface area contributed by atoms with Crippen LogP contribution in [-0.4, -0.2) is 54.6 Å². The predicted molar refractivity (Wildman–Crippen MR) is 128 cm³/mol. The highest BCUT2D eigenvalue weighted by atomic mass is 32.2. The summed E-state index contributed by atoms with van der Waals surface area (Å²) in [4.78, 5) is 25.0. The van der Waals surface area contributed by atoms with Gasteiger partial charge in [0.2, 0.25) is 11.7 Å². The molecule has 1 amide bonds. The Hall–Kier alpha value is -3.50. The molecule has 0 fully saturated rings. The molecule has 0 aliphatic carbocycles. The smallest absolute Gasteiger partial charge is 0.434 e. The lowest BCUT2D eigenvalue weighted by Gasteiger charge is -2.12. The van der Waals surface area contributed by atoms with Gasteiger partial charge >= 0.3 is 6.09 Å². The Kier molecular flexibility index (Phi) is 8.34. The summed E-state index contributed by atoms with van der Waals surface area (Å²) in [7, 11) is 4.48. The second-order valence-electron chi connectivity index (χ2n) is 6.74. The molecule has 0 N–H and O–H groups in total. The summed E-state index contributed by atoms with van der Waals surface area (Å²) in [5.74, 6) is 1.62. The summed E-state index contributed by atoms with van der Waals surface area (Å²) in [6.45, 7) is 2.12. The number of benzene rings is 2. The van der Waals surface area contributed by atoms with Gasteiger partial charge in [0.25, 0.3) is 0 Å². The van der Waals surface area contributed by atoms with Crippen LogP contribution in [0, 0.1) is 6.92 Å². The summed E-state index contributed by atoms with van der Waals surface area (Å²) >= 11 is 1.29. The van der Waals surface area contributed by atoms with Crippen molar-refractivity contribution in [2.45, 2.75) is 13.5 Å². The topological polar surface area (TPSA) is 108 Å². The fraction of sp³-hybridized carbons (Fsp3) is 0.261. The number of aromatic nitrogens is 2. The van der Waals surface area contributed by atoms with Crippen LogP contribution in [0.2, 0.25) is 0 Å². The third kappa shape index (κ3) is 6.27. The van der Waals surface area contributed by atoms with Crippen LogP contribution in [0.15, 0.2) is 57.0 Å². The van der Waals surface area contributed by atoms with E-state index in [2.05, 4.69) is 15.1 Å². The molecule has 1 aromatic heterocycles. The van der Waals surface area contributed by atoms with Crippen LogP contribution in [0.25, 0.3) is 11.4 Å². The number of rotatable bonds is 7. The molecule has 3 rings (SSSR count). The average Bonchev–Trinajstić information content (AvgIpc) is 3.27. The lowest BCUT2D eigenvalue weighted by Crippen LogP contribution is -2.15. The van der Waals surface area contributed by atoms with E-state index in [1.165, 1.54) is 18.9 Å². The van der Waals surface area contributed by atoms with Crippen molar-refractivity contribution in [3.8, 4) is 17.1 Å². The van der Waals surface area contributed by atoms with Crippen molar-refractivity contribution in [2.24, 2.45) is 9.98 Å². The first-order chi connectivity index (χ1) is 16.0. The minimum absolute atomic E-state index is 0.388. The van der Waals surface area contributed by atoms with Crippen LogP contribution in [0.3, 0.4) is 0 Å². The fourth-order valence-electron chi connectivity index (χ4n) is 2.96. The molecule has 0 saturated heterocycles. The van der Waals surface area contributed by atoms with Gasteiger partial charge in [-0.05, 0) is 54.3 Å². The van der Waals surface area contributed by atoms with E-state index in [0.717, 1.165) is 16.7 Å². The Morgan fingerprint density at radius 2 is 1.88 bits per heavy atom. The molecule has 0 spiro atoms. The van der Waals surface area contributed by atoms with Crippen molar-refractivity contribution < 1.29 is 23.5 Å². The maximum Gasteiger partial charge on any atom is 0.434 e. The zero-order valence-electron chi connectivity index (χ0n) is 19.0. The number of methoxy groups -OCH3 is 3. The van der Waals surface area contributed by atoms with Gasteiger partial charge in [0, 0.05) is 25.2 Å². The van der Waals surface area contributed by atoms with Crippen LogP contribution in [-0.2, 0) is 16.1 Å². The molecule has 0 atom stereocenters. The standard InChI is InChI=1S/C23H24N4O5S/c1-14-24-21(27-32-14)16-6-8-18(9-7-16)25-20(22(33-5)26-23(28)31-4)17-10-15(13-29-2)11-19(12-17)30-3/h6-12H,13H2,1-5H3/b25-20-,26-22-. The molecule has 0 saturated carbocycles. The quantitative estimate of drug-likeness (QED) is 0.358. The third-order valence-corrected chi connectivity index (χ3v) is 5.12. The fourth-order valence-corrected chi connectivity index (χ4v) is 3.48. The van der Waals surface area contributed by atoms with E-state index in [0.29, 0.717) is 40.5 Å².